The van der Waals surface area contributed by atoms with Gasteiger partial charge in [-0.25, -0.2) is 14.8 Å². The predicted octanol–water partition coefficient (Wildman–Crippen LogP) is 2.17. The molecule has 0 bridgehead atoms. The van der Waals surface area contributed by atoms with E-state index in [2.05, 4.69) is 26.7 Å². The summed E-state index contributed by atoms with van der Waals surface area (Å²) in [4.78, 5) is 27.4. The number of hydrogen-bond donors (Lipinski definition) is 0. The van der Waals surface area contributed by atoms with E-state index in [-0.39, 0.29) is 6.09 Å². The molecule has 0 aromatic carbocycles. The highest BCUT2D eigenvalue weighted by Crippen LogP contribution is 2.25. The van der Waals surface area contributed by atoms with Gasteiger partial charge in [0, 0.05) is 57.1 Å². The summed E-state index contributed by atoms with van der Waals surface area (Å²) < 4.78 is 5.11. The number of rotatable bonds is 5. The van der Waals surface area contributed by atoms with E-state index in [1.807, 2.05) is 18.0 Å². The van der Waals surface area contributed by atoms with Crippen LogP contribution in [0.1, 0.15) is 38.7 Å². The van der Waals surface area contributed by atoms with Crippen molar-refractivity contribution in [3.8, 4) is 0 Å². The normalized spacial score (nSPS) is 19.6. The Morgan fingerprint density at radius 2 is 1.88 bits per heavy atom. The molecule has 3 rings (SSSR count). The molecule has 1 amide bonds. The van der Waals surface area contributed by atoms with E-state index in [4.69, 9.17) is 4.74 Å². The SMILES string of the molecule is CCCc1cncnc1N1CCC(N2CCN(C(=O)OCC)CC2)CC1. The van der Waals surface area contributed by atoms with Crippen LogP contribution >= 0.6 is 0 Å². The highest BCUT2D eigenvalue weighted by molar-refractivity contribution is 5.67. The number of piperazine rings is 1. The number of anilines is 1. The Morgan fingerprint density at radius 1 is 1.15 bits per heavy atom. The van der Waals surface area contributed by atoms with Gasteiger partial charge < -0.3 is 14.5 Å². The standard InChI is InChI=1S/C19H31N5O2/c1-3-5-16-14-20-15-21-18(16)23-8-6-17(7-9-23)22-10-12-24(13-11-22)19(25)26-4-2/h14-15,17H,3-13H2,1-2H3. The second-order valence-electron chi connectivity index (χ2n) is 7.06. The van der Waals surface area contributed by atoms with E-state index >= 15 is 0 Å². The highest BCUT2D eigenvalue weighted by atomic mass is 16.6. The van der Waals surface area contributed by atoms with Gasteiger partial charge in [-0.3, -0.25) is 4.90 Å². The van der Waals surface area contributed by atoms with E-state index < -0.39 is 0 Å². The molecule has 1 aromatic rings. The number of nitrogens with zero attached hydrogens (tertiary/aromatic N) is 5. The number of aryl methyl sites for hydroxylation is 1. The highest BCUT2D eigenvalue weighted by Gasteiger charge is 2.30. The first-order chi connectivity index (χ1) is 12.7. The van der Waals surface area contributed by atoms with Crippen LogP contribution in [0.4, 0.5) is 10.6 Å². The van der Waals surface area contributed by atoms with Gasteiger partial charge in [-0.15, -0.1) is 0 Å². The summed E-state index contributed by atoms with van der Waals surface area (Å²) >= 11 is 0. The van der Waals surface area contributed by atoms with Gasteiger partial charge in [-0.2, -0.15) is 0 Å². The Hall–Kier alpha value is -1.89. The largest absolute Gasteiger partial charge is 0.450 e. The number of carbonyl (C=O) groups excluding carboxylic acids is 1. The number of amides is 1. The minimum absolute atomic E-state index is 0.172. The summed E-state index contributed by atoms with van der Waals surface area (Å²) in [6.45, 7) is 9.99. The topological polar surface area (TPSA) is 61.8 Å². The zero-order chi connectivity index (χ0) is 18.4. The zero-order valence-corrected chi connectivity index (χ0v) is 16.1. The van der Waals surface area contributed by atoms with Crippen molar-refractivity contribution in [3.05, 3.63) is 18.1 Å². The molecular formula is C19H31N5O2. The maximum Gasteiger partial charge on any atom is 0.409 e. The van der Waals surface area contributed by atoms with Crippen molar-refractivity contribution in [1.82, 2.24) is 19.8 Å². The molecule has 2 saturated heterocycles. The summed E-state index contributed by atoms with van der Waals surface area (Å²) in [5.74, 6) is 1.12. The van der Waals surface area contributed by atoms with Gasteiger partial charge in [-0.05, 0) is 26.2 Å². The molecule has 0 saturated carbocycles. The fourth-order valence-electron chi connectivity index (χ4n) is 4.01. The van der Waals surface area contributed by atoms with Crippen LogP contribution in [-0.4, -0.2) is 77.8 Å². The van der Waals surface area contributed by atoms with Crippen LogP contribution in [0.15, 0.2) is 12.5 Å². The van der Waals surface area contributed by atoms with Gasteiger partial charge in [-0.1, -0.05) is 13.3 Å². The van der Waals surface area contributed by atoms with Crippen LogP contribution < -0.4 is 4.90 Å². The summed E-state index contributed by atoms with van der Waals surface area (Å²) in [7, 11) is 0. The van der Waals surface area contributed by atoms with Crippen molar-refractivity contribution in [3.63, 3.8) is 0 Å². The number of carbonyl (C=O) groups is 1. The molecule has 144 valence electrons. The molecular weight excluding hydrogens is 330 g/mol. The van der Waals surface area contributed by atoms with Crippen molar-refractivity contribution < 1.29 is 9.53 Å². The summed E-state index contributed by atoms with van der Waals surface area (Å²) in [6, 6.07) is 0.604. The minimum atomic E-state index is -0.172. The molecule has 2 aliphatic rings. The monoisotopic (exact) mass is 361 g/mol. The van der Waals surface area contributed by atoms with E-state index in [1.54, 1.807) is 6.33 Å². The van der Waals surface area contributed by atoms with Crippen LogP contribution in [0, 0.1) is 0 Å². The average molecular weight is 361 g/mol. The molecule has 2 fully saturated rings. The van der Waals surface area contributed by atoms with Gasteiger partial charge in [0.05, 0.1) is 6.61 Å². The maximum absolute atomic E-state index is 11.8. The molecule has 2 aliphatic heterocycles. The molecule has 0 unspecified atom stereocenters. The Balaban J connectivity index is 1.50. The van der Waals surface area contributed by atoms with E-state index in [9.17, 15) is 4.79 Å². The van der Waals surface area contributed by atoms with Crippen LogP contribution in [0.2, 0.25) is 0 Å². The Labute approximate surface area is 156 Å². The third-order valence-corrected chi connectivity index (χ3v) is 5.40. The van der Waals surface area contributed by atoms with Crippen LogP contribution in [0.3, 0.4) is 0 Å². The van der Waals surface area contributed by atoms with Crippen molar-refractivity contribution >= 4 is 11.9 Å². The average Bonchev–Trinajstić information content (AvgIpc) is 2.69. The maximum atomic E-state index is 11.8. The van der Waals surface area contributed by atoms with Crippen molar-refractivity contribution in [1.29, 1.82) is 0 Å². The predicted molar refractivity (Wildman–Crippen MR) is 101 cm³/mol. The molecule has 0 N–H and O–H groups in total. The van der Waals surface area contributed by atoms with Gasteiger partial charge >= 0.3 is 6.09 Å². The first-order valence-electron chi connectivity index (χ1n) is 9.92. The van der Waals surface area contributed by atoms with Gasteiger partial charge in [0.15, 0.2) is 0 Å². The third kappa shape index (κ3) is 4.44. The molecule has 7 nitrogen and oxygen atoms in total. The molecule has 0 atom stereocenters. The minimum Gasteiger partial charge on any atom is -0.450 e. The molecule has 1 aromatic heterocycles. The molecule has 0 radical (unpaired) electrons. The molecule has 3 heterocycles. The van der Waals surface area contributed by atoms with Crippen molar-refractivity contribution in [2.45, 2.75) is 45.6 Å². The fraction of sp³-hybridized carbons (Fsp3) is 0.737. The van der Waals surface area contributed by atoms with Gasteiger partial charge in [0.25, 0.3) is 0 Å². The van der Waals surface area contributed by atoms with E-state index in [0.717, 1.165) is 70.8 Å². The van der Waals surface area contributed by atoms with Crippen LogP contribution in [-0.2, 0) is 11.2 Å². The van der Waals surface area contributed by atoms with Gasteiger partial charge in [0.2, 0.25) is 0 Å². The van der Waals surface area contributed by atoms with Gasteiger partial charge in [0.1, 0.15) is 12.1 Å². The first-order valence-corrected chi connectivity index (χ1v) is 9.92. The molecule has 0 spiro atoms. The lowest BCUT2D eigenvalue weighted by Crippen LogP contribution is -2.54. The lowest BCUT2D eigenvalue weighted by Gasteiger charge is -2.42. The Kier molecular flexibility index (Phi) is 6.66. The van der Waals surface area contributed by atoms with Crippen LogP contribution in [0.5, 0.6) is 0 Å². The lowest BCUT2D eigenvalue weighted by atomic mass is 10.0. The Bertz CT molecular complexity index is 581. The summed E-state index contributed by atoms with van der Waals surface area (Å²) in [5, 5.41) is 0. The quantitative estimate of drug-likeness (QED) is 0.801. The van der Waals surface area contributed by atoms with Crippen molar-refractivity contribution in [2.75, 3.05) is 50.8 Å². The Morgan fingerprint density at radius 3 is 2.54 bits per heavy atom. The lowest BCUT2D eigenvalue weighted by molar-refractivity contribution is 0.0610. The fourth-order valence-corrected chi connectivity index (χ4v) is 4.01. The number of aromatic nitrogens is 2. The molecule has 0 aliphatic carbocycles. The number of ether oxygens (including phenoxy) is 1. The molecule has 7 heteroatoms. The second-order valence-corrected chi connectivity index (χ2v) is 7.06. The summed E-state index contributed by atoms with van der Waals surface area (Å²) in [6.07, 6.45) is 7.90. The smallest absolute Gasteiger partial charge is 0.409 e. The summed E-state index contributed by atoms with van der Waals surface area (Å²) in [5.41, 5.74) is 1.26. The second kappa shape index (κ2) is 9.16. The van der Waals surface area contributed by atoms with Crippen LogP contribution in [0.25, 0.3) is 0 Å². The zero-order valence-electron chi connectivity index (χ0n) is 16.1. The van der Waals surface area contributed by atoms with E-state index in [1.165, 1.54) is 5.56 Å². The van der Waals surface area contributed by atoms with Crippen molar-refractivity contribution in [2.24, 2.45) is 0 Å². The van der Waals surface area contributed by atoms with E-state index in [0.29, 0.717) is 12.6 Å². The number of piperidine rings is 1. The number of hydrogen-bond acceptors (Lipinski definition) is 6. The first kappa shape index (κ1) is 18.9. The molecule has 26 heavy (non-hydrogen) atoms. The third-order valence-electron chi connectivity index (χ3n) is 5.40.